The van der Waals surface area contributed by atoms with Gasteiger partial charge in [0.25, 0.3) is 0 Å². The molecular weight excluding hydrogens is 150 g/mol. The average Bonchev–Trinajstić information content (AvgIpc) is 2.17. The average molecular weight is 169 g/mol. The number of carbonyl (C=O) groups is 1. The lowest BCUT2D eigenvalue weighted by atomic mass is 9.71. The highest BCUT2D eigenvalue weighted by Gasteiger charge is 2.36. The zero-order valence-electron chi connectivity index (χ0n) is 8.15. The van der Waals surface area contributed by atoms with Crippen LogP contribution in [0.1, 0.15) is 45.4 Å². The lowest BCUT2D eigenvalue weighted by molar-refractivity contribution is -0.132. The molecule has 12 heavy (non-hydrogen) atoms. The second-order valence-electron chi connectivity index (χ2n) is 3.77. The smallest absolute Gasteiger partial charge is 0.225 e. The minimum absolute atomic E-state index is 0.0208. The largest absolute Gasteiger partial charge is 0.359 e. The van der Waals surface area contributed by atoms with Crippen molar-refractivity contribution in [2.24, 2.45) is 5.41 Å². The van der Waals surface area contributed by atoms with E-state index in [1.54, 1.807) is 7.05 Å². The van der Waals surface area contributed by atoms with Crippen molar-refractivity contribution in [3.05, 3.63) is 0 Å². The minimum atomic E-state index is -0.0208. The predicted octanol–water partition coefficient (Wildman–Crippen LogP) is 2.09. The van der Waals surface area contributed by atoms with E-state index in [9.17, 15) is 4.79 Å². The van der Waals surface area contributed by atoms with E-state index in [1.807, 2.05) is 0 Å². The maximum absolute atomic E-state index is 11.6. The van der Waals surface area contributed by atoms with Crippen molar-refractivity contribution in [2.45, 2.75) is 45.4 Å². The van der Waals surface area contributed by atoms with Gasteiger partial charge in [-0.05, 0) is 19.3 Å². The van der Waals surface area contributed by atoms with Crippen molar-refractivity contribution < 1.29 is 4.79 Å². The summed E-state index contributed by atoms with van der Waals surface area (Å²) in [6, 6.07) is 0. The molecule has 2 nitrogen and oxygen atoms in total. The maximum Gasteiger partial charge on any atom is 0.225 e. The van der Waals surface area contributed by atoms with Gasteiger partial charge in [-0.3, -0.25) is 4.79 Å². The first kappa shape index (κ1) is 9.56. The molecule has 1 fully saturated rings. The number of hydrogen-bond donors (Lipinski definition) is 1. The van der Waals surface area contributed by atoms with E-state index in [0.717, 1.165) is 19.3 Å². The van der Waals surface area contributed by atoms with Crippen LogP contribution in [0, 0.1) is 5.41 Å². The number of carbonyl (C=O) groups excluding carboxylic acids is 1. The highest BCUT2D eigenvalue weighted by molar-refractivity contribution is 5.82. The summed E-state index contributed by atoms with van der Waals surface area (Å²) in [5, 5.41) is 2.79. The fourth-order valence-corrected chi connectivity index (χ4v) is 2.23. The standard InChI is InChI=1S/C10H19NO/c1-3-10(9(12)11-2)7-5-4-6-8-10/h3-8H2,1-2H3,(H,11,12). The third-order valence-electron chi connectivity index (χ3n) is 3.20. The Balaban J connectivity index is 2.66. The lowest BCUT2D eigenvalue weighted by Gasteiger charge is -2.34. The van der Waals surface area contributed by atoms with Crippen molar-refractivity contribution >= 4 is 5.91 Å². The molecule has 0 radical (unpaired) electrons. The van der Waals surface area contributed by atoms with Crippen LogP contribution in [0.25, 0.3) is 0 Å². The van der Waals surface area contributed by atoms with Crippen LogP contribution in [0.2, 0.25) is 0 Å². The fourth-order valence-electron chi connectivity index (χ4n) is 2.23. The Hall–Kier alpha value is -0.530. The summed E-state index contributed by atoms with van der Waals surface area (Å²) >= 11 is 0. The van der Waals surface area contributed by atoms with Crippen LogP contribution in [0.15, 0.2) is 0 Å². The quantitative estimate of drug-likeness (QED) is 0.674. The molecule has 1 N–H and O–H groups in total. The molecular formula is C10H19NO. The topological polar surface area (TPSA) is 29.1 Å². The van der Waals surface area contributed by atoms with Gasteiger partial charge in [0.15, 0.2) is 0 Å². The van der Waals surface area contributed by atoms with Gasteiger partial charge in [0.2, 0.25) is 5.91 Å². The molecule has 0 aliphatic heterocycles. The molecule has 1 saturated carbocycles. The molecule has 0 bridgehead atoms. The number of rotatable bonds is 2. The van der Waals surface area contributed by atoms with E-state index in [-0.39, 0.29) is 11.3 Å². The molecule has 1 amide bonds. The van der Waals surface area contributed by atoms with Crippen molar-refractivity contribution in [2.75, 3.05) is 7.05 Å². The van der Waals surface area contributed by atoms with Gasteiger partial charge in [0.05, 0.1) is 0 Å². The molecule has 0 aromatic rings. The van der Waals surface area contributed by atoms with Crippen LogP contribution in [-0.2, 0) is 4.79 Å². The predicted molar refractivity (Wildman–Crippen MR) is 49.9 cm³/mol. The zero-order valence-corrected chi connectivity index (χ0v) is 8.15. The SMILES string of the molecule is CCC1(C(=O)NC)CCCCC1. The Bertz CT molecular complexity index is 159. The maximum atomic E-state index is 11.6. The van der Waals surface area contributed by atoms with Gasteiger partial charge in [-0.15, -0.1) is 0 Å². The summed E-state index contributed by atoms with van der Waals surface area (Å²) < 4.78 is 0. The van der Waals surface area contributed by atoms with Crippen LogP contribution in [-0.4, -0.2) is 13.0 Å². The summed E-state index contributed by atoms with van der Waals surface area (Å²) in [6.07, 6.45) is 6.92. The summed E-state index contributed by atoms with van der Waals surface area (Å²) in [5.74, 6) is 0.254. The van der Waals surface area contributed by atoms with Crippen molar-refractivity contribution in [3.8, 4) is 0 Å². The molecule has 0 saturated heterocycles. The van der Waals surface area contributed by atoms with Gasteiger partial charge in [-0.1, -0.05) is 26.2 Å². The molecule has 70 valence electrons. The summed E-state index contributed by atoms with van der Waals surface area (Å²) in [6.45, 7) is 2.13. The highest BCUT2D eigenvalue weighted by atomic mass is 16.2. The van der Waals surface area contributed by atoms with E-state index in [0.29, 0.717) is 0 Å². The molecule has 2 heteroatoms. The Morgan fingerprint density at radius 2 is 1.92 bits per heavy atom. The van der Waals surface area contributed by atoms with Gasteiger partial charge in [-0.2, -0.15) is 0 Å². The van der Waals surface area contributed by atoms with Crippen LogP contribution >= 0.6 is 0 Å². The molecule has 0 atom stereocenters. The first-order valence-corrected chi connectivity index (χ1v) is 4.97. The van der Waals surface area contributed by atoms with Crippen LogP contribution in [0.3, 0.4) is 0 Å². The summed E-state index contributed by atoms with van der Waals surface area (Å²) in [7, 11) is 1.74. The van der Waals surface area contributed by atoms with E-state index in [1.165, 1.54) is 19.3 Å². The Labute approximate surface area is 74.7 Å². The zero-order chi connectivity index (χ0) is 9.03. The van der Waals surface area contributed by atoms with E-state index < -0.39 is 0 Å². The first-order chi connectivity index (χ1) is 5.75. The molecule has 0 aromatic carbocycles. The Morgan fingerprint density at radius 1 is 1.33 bits per heavy atom. The molecule has 1 rings (SSSR count). The summed E-state index contributed by atoms with van der Waals surface area (Å²) in [4.78, 5) is 11.6. The van der Waals surface area contributed by atoms with Crippen LogP contribution in [0.4, 0.5) is 0 Å². The molecule has 0 aromatic heterocycles. The van der Waals surface area contributed by atoms with E-state index in [2.05, 4.69) is 12.2 Å². The van der Waals surface area contributed by atoms with Gasteiger partial charge < -0.3 is 5.32 Å². The van der Waals surface area contributed by atoms with Gasteiger partial charge in [0, 0.05) is 12.5 Å². The number of amides is 1. The monoisotopic (exact) mass is 169 g/mol. The molecule has 0 spiro atoms. The lowest BCUT2D eigenvalue weighted by Crippen LogP contribution is -2.40. The highest BCUT2D eigenvalue weighted by Crippen LogP contribution is 2.39. The second kappa shape index (κ2) is 3.92. The Kier molecular flexibility index (Phi) is 3.12. The van der Waals surface area contributed by atoms with Crippen molar-refractivity contribution in [1.82, 2.24) is 5.32 Å². The minimum Gasteiger partial charge on any atom is -0.359 e. The third kappa shape index (κ3) is 1.62. The molecule has 0 heterocycles. The number of hydrogen-bond acceptors (Lipinski definition) is 1. The van der Waals surface area contributed by atoms with E-state index in [4.69, 9.17) is 0 Å². The van der Waals surface area contributed by atoms with Crippen LogP contribution < -0.4 is 5.32 Å². The number of nitrogens with one attached hydrogen (secondary N) is 1. The van der Waals surface area contributed by atoms with Gasteiger partial charge >= 0.3 is 0 Å². The Morgan fingerprint density at radius 3 is 2.33 bits per heavy atom. The molecule has 0 unspecified atom stereocenters. The van der Waals surface area contributed by atoms with Crippen molar-refractivity contribution in [3.63, 3.8) is 0 Å². The van der Waals surface area contributed by atoms with Crippen LogP contribution in [0.5, 0.6) is 0 Å². The molecule has 1 aliphatic rings. The van der Waals surface area contributed by atoms with Crippen molar-refractivity contribution in [1.29, 1.82) is 0 Å². The van der Waals surface area contributed by atoms with Gasteiger partial charge in [-0.25, -0.2) is 0 Å². The first-order valence-electron chi connectivity index (χ1n) is 4.97. The second-order valence-corrected chi connectivity index (χ2v) is 3.77. The normalized spacial score (nSPS) is 21.8. The third-order valence-corrected chi connectivity index (χ3v) is 3.20. The molecule has 1 aliphatic carbocycles. The van der Waals surface area contributed by atoms with Gasteiger partial charge in [0.1, 0.15) is 0 Å². The summed E-state index contributed by atoms with van der Waals surface area (Å²) in [5.41, 5.74) is -0.0208. The van der Waals surface area contributed by atoms with E-state index >= 15 is 0 Å². The fraction of sp³-hybridized carbons (Fsp3) is 0.900.